The average molecular weight is 306 g/mol. The summed E-state index contributed by atoms with van der Waals surface area (Å²) in [6.45, 7) is 1.86. The Morgan fingerprint density at radius 2 is 2.38 bits per heavy atom. The number of nitrogens with one attached hydrogen (secondary N) is 1. The Bertz CT molecular complexity index is 638. The standard InChI is InChI=1S/C15H16ClN3O2/c1-9-7-12(16)19-11-4-3-10(15(20)14(9)11)8-18-13(21-2)5-6-17/h5-8,10,17H,3-4H2,1-2H3/b13-5+,17-6?,18-8+. The number of allylic oxidation sites excluding steroid dienone is 1. The van der Waals surface area contributed by atoms with Crippen molar-refractivity contribution in [3.8, 4) is 0 Å². The van der Waals surface area contributed by atoms with Gasteiger partial charge in [-0.25, -0.2) is 9.98 Å². The van der Waals surface area contributed by atoms with Gasteiger partial charge in [-0.05, 0) is 31.4 Å². The Morgan fingerprint density at radius 1 is 1.62 bits per heavy atom. The first-order valence-electron chi connectivity index (χ1n) is 6.56. The average Bonchev–Trinajstić information content (AvgIpc) is 2.44. The van der Waals surface area contributed by atoms with E-state index in [9.17, 15) is 4.79 Å². The Hall–Kier alpha value is -2.01. The molecule has 21 heavy (non-hydrogen) atoms. The number of aryl methyl sites for hydroxylation is 2. The van der Waals surface area contributed by atoms with Gasteiger partial charge in [0.25, 0.3) is 0 Å². The molecule has 0 fully saturated rings. The molecule has 1 heterocycles. The minimum atomic E-state index is -0.302. The van der Waals surface area contributed by atoms with E-state index in [-0.39, 0.29) is 11.7 Å². The SMILES string of the molecule is COC(=C/C=N)/N=C/C1CCc2nc(Cl)cc(C)c2C1=O. The van der Waals surface area contributed by atoms with Crippen molar-refractivity contribution in [2.75, 3.05) is 7.11 Å². The summed E-state index contributed by atoms with van der Waals surface area (Å²) in [7, 11) is 1.47. The van der Waals surface area contributed by atoms with Crippen LogP contribution in [0, 0.1) is 18.3 Å². The zero-order valence-corrected chi connectivity index (χ0v) is 12.6. The van der Waals surface area contributed by atoms with Crippen LogP contribution >= 0.6 is 11.6 Å². The van der Waals surface area contributed by atoms with Gasteiger partial charge >= 0.3 is 0 Å². The van der Waals surface area contributed by atoms with E-state index in [1.165, 1.54) is 13.2 Å². The van der Waals surface area contributed by atoms with E-state index in [1.807, 2.05) is 6.92 Å². The van der Waals surface area contributed by atoms with Crippen molar-refractivity contribution in [1.29, 1.82) is 5.41 Å². The number of aromatic nitrogens is 1. The van der Waals surface area contributed by atoms with Crippen molar-refractivity contribution in [2.24, 2.45) is 10.9 Å². The molecule has 1 unspecified atom stereocenters. The molecule has 1 aromatic heterocycles. The molecule has 6 heteroatoms. The number of ketones is 1. The van der Waals surface area contributed by atoms with Crippen molar-refractivity contribution in [1.82, 2.24) is 4.98 Å². The van der Waals surface area contributed by atoms with Gasteiger partial charge in [-0.3, -0.25) is 4.79 Å². The van der Waals surface area contributed by atoms with E-state index < -0.39 is 0 Å². The van der Waals surface area contributed by atoms with Crippen LogP contribution in [0.2, 0.25) is 5.15 Å². The first-order valence-corrected chi connectivity index (χ1v) is 6.93. The van der Waals surface area contributed by atoms with Crippen molar-refractivity contribution < 1.29 is 9.53 Å². The zero-order chi connectivity index (χ0) is 15.4. The van der Waals surface area contributed by atoms with Crippen molar-refractivity contribution in [3.63, 3.8) is 0 Å². The number of rotatable bonds is 4. The third kappa shape index (κ3) is 3.36. The third-order valence-electron chi connectivity index (χ3n) is 3.35. The molecule has 2 rings (SSSR count). The normalized spacial score (nSPS) is 18.7. The fourth-order valence-electron chi connectivity index (χ4n) is 2.36. The highest BCUT2D eigenvalue weighted by atomic mass is 35.5. The smallest absolute Gasteiger partial charge is 0.214 e. The van der Waals surface area contributed by atoms with Crippen molar-refractivity contribution in [3.05, 3.63) is 40.0 Å². The fourth-order valence-corrected chi connectivity index (χ4v) is 2.63. The van der Waals surface area contributed by atoms with Gasteiger partial charge in [0.2, 0.25) is 5.88 Å². The minimum absolute atomic E-state index is 0.00646. The number of hydrogen-bond donors (Lipinski definition) is 1. The highest BCUT2D eigenvalue weighted by molar-refractivity contribution is 6.29. The number of carbonyl (C=O) groups excluding carboxylic acids is 1. The molecule has 1 atom stereocenters. The van der Waals surface area contributed by atoms with E-state index in [2.05, 4.69) is 9.98 Å². The lowest BCUT2D eigenvalue weighted by molar-refractivity contribution is 0.0941. The quantitative estimate of drug-likeness (QED) is 0.528. The van der Waals surface area contributed by atoms with Crippen LogP contribution in [0.25, 0.3) is 0 Å². The first kappa shape index (κ1) is 15.4. The summed E-state index contributed by atoms with van der Waals surface area (Å²) in [5.41, 5.74) is 2.25. The number of halogens is 1. The number of Topliss-reactive ketones (excluding diaryl/α,β-unsaturated/α-hetero) is 1. The molecule has 0 radical (unpaired) electrons. The molecule has 0 spiro atoms. The molecule has 1 aliphatic carbocycles. The van der Waals surface area contributed by atoms with Crippen LogP contribution in [0.1, 0.15) is 28.0 Å². The van der Waals surface area contributed by atoms with Crippen LogP contribution in [0.3, 0.4) is 0 Å². The molecule has 0 bridgehead atoms. The topological polar surface area (TPSA) is 75.4 Å². The summed E-state index contributed by atoms with van der Waals surface area (Å²) in [6, 6.07) is 1.70. The molecule has 5 nitrogen and oxygen atoms in total. The lowest BCUT2D eigenvalue weighted by Gasteiger charge is -2.21. The number of ether oxygens (including phenoxy) is 1. The summed E-state index contributed by atoms with van der Waals surface area (Å²) < 4.78 is 5.00. The lowest BCUT2D eigenvalue weighted by Crippen LogP contribution is -2.25. The fraction of sp³-hybridized carbons (Fsp3) is 0.333. The molecule has 1 aromatic rings. The molecular weight excluding hydrogens is 290 g/mol. The predicted octanol–water partition coefficient (Wildman–Crippen LogP) is 3.00. The van der Waals surface area contributed by atoms with E-state index in [1.54, 1.807) is 12.3 Å². The van der Waals surface area contributed by atoms with Gasteiger partial charge in [-0.2, -0.15) is 0 Å². The summed E-state index contributed by atoms with van der Waals surface area (Å²) >= 11 is 5.93. The number of nitrogens with zero attached hydrogens (tertiary/aromatic N) is 2. The van der Waals surface area contributed by atoms with Gasteiger partial charge in [0, 0.05) is 24.1 Å². The van der Waals surface area contributed by atoms with Gasteiger partial charge < -0.3 is 10.1 Å². The summed E-state index contributed by atoms with van der Waals surface area (Å²) in [6.07, 6.45) is 5.42. The minimum Gasteiger partial charge on any atom is -0.481 e. The van der Waals surface area contributed by atoms with E-state index in [0.717, 1.165) is 17.5 Å². The highest BCUT2D eigenvalue weighted by Gasteiger charge is 2.29. The zero-order valence-electron chi connectivity index (χ0n) is 11.9. The van der Waals surface area contributed by atoms with Crippen LogP contribution in [-0.4, -0.2) is 30.3 Å². The number of carbonyl (C=O) groups is 1. The molecule has 0 saturated carbocycles. The van der Waals surface area contributed by atoms with Gasteiger partial charge in [0.05, 0.1) is 18.7 Å². The van der Waals surface area contributed by atoms with Crippen LogP contribution in [0.15, 0.2) is 23.0 Å². The van der Waals surface area contributed by atoms with Crippen molar-refractivity contribution >= 4 is 29.8 Å². The maximum atomic E-state index is 12.5. The number of hydrogen-bond acceptors (Lipinski definition) is 5. The van der Waals surface area contributed by atoms with E-state index >= 15 is 0 Å². The van der Waals surface area contributed by atoms with Gasteiger partial charge in [-0.1, -0.05) is 11.6 Å². The molecule has 1 aliphatic rings. The maximum Gasteiger partial charge on any atom is 0.214 e. The highest BCUT2D eigenvalue weighted by Crippen LogP contribution is 2.28. The molecule has 0 aromatic carbocycles. The molecule has 1 N–H and O–H groups in total. The second-order valence-electron chi connectivity index (χ2n) is 4.75. The summed E-state index contributed by atoms with van der Waals surface area (Å²) in [4.78, 5) is 20.9. The monoisotopic (exact) mass is 305 g/mol. The first-order chi connectivity index (χ1) is 10.1. The largest absolute Gasteiger partial charge is 0.481 e. The second-order valence-corrected chi connectivity index (χ2v) is 5.13. The third-order valence-corrected chi connectivity index (χ3v) is 3.55. The van der Waals surface area contributed by atoms with E-state index in [0.29, 0.717) is 29.4 Å². The number of pyridine rings is 1. The summed E-state index contributed by atoms with van der Waals surface area (Å²) in [5, 5.41) is 7.42. The second kappa shape index (κ2) is 6.63. The Labute approximate surface area is 128 Å². The van der Waals surface area contributed by atoms with Crippen LogP contribution in [0.5, 0.6) is 0 Å². The number of methoxy groups -OCH3 is 1. The lowest BCUT2D eigenvalue weighted by atomic mass is 9.84. The van der Waals surface area contributed by atoms with E-state index in [4.69, 9.17) is 21.7 Å². The Morgan fingerprint density at radius 3 is 3.05 bits per heavy atom. The number of aliphatic imine (C=N–C) groups is 1. The maximum absolute atomic E-state index is 12.5. The van der Waals surface area contributed by atoms with Gasteiger partial charge in [0.15, 0.2) is 5.78 Å². The van der Waals surface area contributed by atoms with Gasteiger partial charge in [-0.15, -0.1) is 0 Å². The molecular formula is C15H16ClN3O2. The van der Waals surface area contributed by atoms with Crippen LogP contribution in [0.4, 0.5) is 0 Å². The van der Waals surface area contributed by atoms with Crippen LogP contribution in [-0.2, 0) is 11.2 Å². The Kier molecular flexibility index (Phi) is 4.85. The Balaban J connectivity index is 2.27. The molecule has 0 amide bonds. The molecule has 110 valence electrons. The van der Waals surface area contributed by atoms with Crippen molar-refractivity contribution in [2.45, 2.75) is 19.8 Å². The molecule has 0 saturated heterocycles. The molecule has 0 aliphatic heterocycles. The predicted molar refractivity (Wildman–Crippen MR) is 82.5 cm³/mol. The summed E-state index contributed by atoms with van der Waals surface area (Å²) in [5.74, 6) is 0.00461. The van der Waals surface area contributed by atoms with Crippen LogP contribution < -0.4 is 0 Å². The van der Waals surface area contributed by atoms with Gasteiger partial charge in [0.1, 0.15) is 5.15 Å². The number of fused-ring (bicyclic) bond motifs is 1.